The molecule has 0 amide bonds. The van der Waals surface area contributed by atoms with Gasteiger partial charge >= 0.3 is 0 Å². The zero-order valence-corrected chi connectivity index (χ0v) is 6.38. The molecule has 0 aromatic carbocycles. The highest BCUT2D eigenvalue weighted by Crippen LogP contribution is 2.30. The lowest BCUT2D eigenvalue weighted by molar-refractivity contribution is 0.494. The smallest absolute Gasteiger partial charge is 0.0232 e. The molecule has 0 aromatic heterocycles. The van der Waals surface area contributed by atoms with Gasteiger partial charge in [-0.1, -0.05) is 19.1 Å². The fourth-order valence-corrected chi connectivity index (χ4v) is 1.10. The molecule has 0 radical (unpaired) electrons. The van der Waals surface area contributed by atoms with Crippen molar-refractivity contribution < 1.29 is 0 Å². The van der Waals surface area contributed by atoms with Crippen LogP contribution in [0.25, 0.3) is 0 Å². The van der Waals surface area contributed by atoms with Gasteiger partial charge in [0, 0.05) is 17.8 Å². The summed E-state index contributed by atoms with van der Waals surface area (Å²) in [6, 6.07) is 0. The Kier molecular flexibility index (Phi) is 2.05. The van der Waals surface area contributed by atoms with Crippen LogP contribution in [0, 0.1) is 5.41 Å². The van der Waals surface area contributed by atoms with Crippen molar-refractivity contribution in [3.8, 4) is 0 Å². The van der Waals surface area contributed by atoms with Crippen LogP contribution in [-0.4, -0.2) is 6.21 Å². The molecule has 1 aliphatic heterocycles. The molecule has 1 rings (SSSR count). The van der Waals surface area contributed by atoms with Gasteiger partial charge in [-0.3, -0.25) is 4.99 Å². The van der Waals surface area contributed by atoms with Crippen molar-refractivity contribution in [2.45, 2.75) is 19.8 Å². The van der Waals surface area contributed by atoms with E-state index < -0.39 is 0 Å². The Balaban J connectivity index is 2.75. The molecule has 0 aromatic rings. The molecule has 54 valence electrons. The molecule has 0 aliphatic carbocycles. The maximum atomic E-state index is 4.01. The van der Waals surface area contributed by atoms with Crippen molar-refractivity contribution in [3.63, 3.8) is 0 Å². The predicted molar refractivity (Wildman–Crippen MR) is 45.2 cm³/mol. The standard InChI is InChI=1S/C9H13N/c1-3-9(4-2)5-7-10-8-6-9/h3,5,7-8H,1,4,6H2,2H3. The monoisotopic (exact) mass is 135 g/mol. The van der Waals surface area contributed by atoms with E-state index in [1.54, 1.807) is 0 Å². The lowest BCUT2D eigenvalue weighted by atomic mass is 9.81. The van der Waals surface area contributed by atoms with E-state index in [1.807, 2.05) is 18.5 Å². The van der Waals surface area contributed by atoms with Crippen LogP contribution in [0.2, 0.25) is 0 Å². The molecule has 0 N–H and O–H groups in total. The molecular formula is C9H13N. The Hall–Kier alpha value is -0.850. The zero-order valence-electron chi connectivity index (χ0n) is 6.38. The molecule has 1 atom stereocenters. The van der Waals surface area contributed by atoms with Crippen LogP contribution in [-0.2, 0) is 0 Å². The second kappa shape index (κ2) is 2.82. The first-order chi connectivity index (χ1) is 4.83. The summed E-state index contributed by atoms with van der Waals surface area (Å²) in [7, 11) is 0. The second-order valence-corrected chi connectivity index (χ2v) is 2.64. The van der Waals surface area contributed by atoms with Gasteiger partial charge in [0.2, 0.25) is 0 Å². The summed E-state index contributed by atoms with van der Waals surface area (Å²) < 4.78 is 0. The molecular weight excluding hydrogens is 122 g/mol. The third-order valence-electron chi connectivity index (χ3n) is 2.13. The first-order valence-electron chi connectivity index (χ1n) is 3.66. The Labute approximate surface area is 62.2 Å². The number of hydrogen-bond donors (Lipinski definition) is 0. The Morgan fingerprint density at radius 2 is 2.60 bits per heavy atom. The van der Waals surface area contributed by atoms with Gasteiger partial charge in [-0.05, 0) is 12.8 Å². The highest BCUT2D eigenvalue weighted by molar-refractivity contribution is 5.62. The number of aliphatic imine (C=N–C) groups is 1. The topological polar surface area (TPSA) is 12.4 Å². The number of hydrogen-bond acceptors (Lipinski definition) is 1. The van der Waals surface area contributed by atoms with Crippen molar-refractivity contribution in [2.75, 3.05) is 0 Å². The molecule has 0 saturated carbocycles. The average molecular weight is 135 g/mol. The second-order valence-electron chi connectivity index (χ2n) is 2.64. The van der Waals surface area contributed by atoms with Crippen molar-refractivity contribution in [3.05, 3.63) is 24.9 Å². The lowest BCUT2D eigenvalue weighted by Crippen LogP contribution is -2.15. The first kappa shape index (κ1) is 7.26. The van der Waals surface area contributed by atoms with Crippen LogP contribution in [0.1, 0.15) is 19.8 Å². The predicted octanol–water partition coefficient (Wildman–Crippen LogP) is 2.56. The number of nitrogens with zero attached hydrogens (tertiary/aromatic N) is 1. The third kappa shape index (κ3) is 1.18. The molecule has 1 unspecified atom stereocenters. The summed E-state index contributed by atoms with van der Waals surface area (Å²) in [5.41, 5.74) is 0.196. The largest absolute Gasteiger partial charge is 0.269 e. The minimum absolute atomic E-state index is 0.196. The summed E-state index contributed by atoms with van der Waals surface area (Å²) in [6.07, 6.45) is 10.1. The van der Waals surface area contributed by atoms with Crippen LogP contribution in [0.15, 0.2) is 29.9 Å². The van der Waals surface area contributed by atoms with E-state index in [9.17, 15) is 0 Å². The highest BCUT2D eigenvalue weighted by Gasteiger charge is 2.20. The van der Waals surface area contributed by atoms with Gasteiger partial charge in [0.15, 0.2) is 0 Å². The van der Waals surface area contributed by atoms with Gasteiger partial charge in [-0.2, -0.15) is 0 Å². The van der Waals surface area contributed by atoms with E-state index in [1.165, 1.54) is 0 Å². The minimum Gasteiger partial charge on any atom is -0.269 e. The Morgan fingerprint density at radius 1 is 1.80 bits per heavy atom. The third-order valence-corrected chi connectivity index (χ3v) is 2.13. The molecule has 0 fully saturated rings. The maximum absolute atomic E-state index is 4.01. The van der Waals surface area contributed by atoms with E-state index in [-0.39, 0.29) is 5.41 Å². The molecule has 1 heterocycles. The lowest BCUT2D eigenvalue weighted by Gasteiger charge is -2.24. The zero-order chi connectivity index (χ0) is 7.45. The van der Waals surface area contributed by atoms with E-state index in [0.29, 0.717) is 0 Å². The van der Waals surface area contributed by atoms with Crippen LogP contribution in [0.5, 0.6) is 0 Å². The summed E-state index contributed by atoms with van der Waals surface area (Å²) in [5, 5.41) is 0. The summed E-state index contributed by atoms with van der Waals surface area (Å²) >= 11 is 0. The van der Waals surface area contributed by atoms with Gasteiger partial charge < -0.3 is 0 Å². The highest BCUT2D eigenvalue weighted by atomic mass is 14.7. The molecule has 0 spiro atoms. The fourth-order valence-electron chi connectivity index (χ4n) is 1.10. The quantitative estimate of drug-likeness (QED) is 0.516. The van der Waals surface area contributed by atoms with E-state index in [2.05, 4.69) is 24.6 Å². The minimum atomic E-state index is 0.196. The fraction of sp³-hybridized carbons (Fsp3) is 0.444. The SMILES string of the molecule is C=CC1(CC)C=CN=CC1. The molecule has 0 saturated heterocycles. The van der Waals surface area contributed by atoms with Gasteiger partial charge in [0.1, 0.15) is 0 Å². The molecule has 1 heteroatoms. The van der Waals surface area contributed by atoms with Crippen LogP contribution in [0.3, 0.4) is 0 Å². The van der Waals surface area contributed by atoms with Crippen LogP contribution < -0.4 is 0 Å². The van der Waals surface area contributed by atoms with Gasteiger partial charge in [0.05, 0.1) is 0 Å². The van der Waals surface area contributed by atoms with E-state index >= 15 is 0 Å². The van der Waals surface area contributed by atoms with Gasteiger partial charge in [-0.15, -0.1) is 6.58 Å². The van der Waals surface area contributed by atoms with Gasteiger partial charge in [0.25, 0.3) is 0 Å². The van der Waals surface area contributed by atoms with E-state index in [0.717, 1.165) is 12.8 Å². The normalized spacial score (nSPS) is 30.5. The van der Waals surface area contributed by atoms with Crippen LogP contribution in [0.4, 0.5) is 0 Å². The molecule has 1 aliphatic rings. The van der Waals surface area contributed by atoms with Crippen molar-refractivity contribution in [1.82, 2.24) is 0 Å². The van der Waals surface area contributed by atoms with E-state index in [4.69, 9.17) is 0 Å². The molecule has 0 bridgehead atoms. The van der Waals surface area contributed by atoms with Gasteiger partial charge in [-0.25, -0.2) is 0 Å². The number of allylic oxidation sites excluding steroid dienone is 2. The van der Waals surface area contributed by atoms with Crippen molar-refractivity contribution in [2.24, 2.45) is 10.4 Å². The molecule has 10 heavy (non-hydrogen) atoms. The van der Waals surface area contributed by atoms with Crippen molar-refractivity contribution >= 4 is 6.21 Å². The molecule has 1 nitrogen and oxygen atoms in total. The first-order valence-corrected chi connectivity index (χ1v) is 3.66. The average Bonchev–Trinajstić information content (AvgIpc) is 2.06. The summed E-state index contributed by atoms with van der Waals surface area (Å²) in [5.74, 6) is 0. The summed E-state index contributed by atoms with van der Waals surface area (Å²) in [4.78, 5) is 4.01. The van der Waals surface area contributed by atoms with Crippen molar-refractivity contribution in [1.29, 1.82) is 0 Å². The Bertz CT molecular complexity index is 179. The van der Waals surface area contributed by atoms with Crippen LogP contribution >= 0.6 is 0 Å². The Morgan fingerprint density at radius 3 is 2.90 bits per heavy atom. The number of rotatable bonds is 2. The summed E-state index contributed by atoms with van der Waals surface area (Å²) in [6.45, 7) is 5.99. The maximum Gasteiger partial charge on any atom is 0.0232 e.